The number of ether oxygens (including phenoxy) is 3. The third-order valence-corrected chi connectivity index (χ3v) is 14.4. The fourth-order valence-electron chi connectivity index (χ4n) is 9.25. The van der Waals surface area contributed by atoms with E-state index in [0.29, 0.717) is 19.3 Å². The summed E-state index contributed by atoms with van der Waals surface area (Å²) in [7, 11) is 0. The zero-order valence-electron chi connectivity index (χ0n) is 53.5. The zero-order chi connectivity index (χ0) is 59.2. The van der Waals surface area contributed by atoms with Gasteiger partial charge in [-0.3, -0.25) is 14.4 Å². The lowest BCUT2D eigenvalue weighted by molar-refractivity contribution is -0.167. The van der Waals surface area contributed by atoms with Gasteiger partial charge in [0.15, 0.2) is 6.10 Å². The Kier molecular flexibility index (Phi) is 65.3. The maximum absolute atomic E-state index is 12.9. The molecule has 0 aliphatic heterocycles. The molecule has 0 heterocycles. The quantitative estimate of drug-likeness (QED) is 0.0261. The van der Waals surface area contributed by atoms with Gasteiger partial charge < -0.3 is 14.2 Å². The predicted octanol–water partition coefficient (Wildman–Crippen LogP) is 23.7. The summed E-state index contributed by atoms with van der Waals surface area (Å²) in [6.07, 6.45) is 97.4. The van der Waals surface area contributed by atoms with E-state index in [0.717, 1.165) is 148 Å². The smallest absolute Gasteiger partial charge is 0.306 e. The first-order valence-electron chi connectivity index (χ1n) is 34.2. The first-order chi connectivity index (χ1) is 40.5. The number of carbonyl (C=O) groups excluding carboxylic acids is 3. The molecule has 0 aliphatic carbocycles. The van der Waals surface area contributed by atoms with E-state index in [4.69, 9.17) is 14.2 Å². The van der Waals surface area contributed by atoms with Crippen LogP contribution in [0.25, 0.3) is 0 Å². The number of hydrogen-bond acceptors (Lipinski definition) is 6. The van der Waals surface area contributed by atoms with Crippen LogP contribution in [-0.4, -0.2) is 37.2 Å². The molecule has 0 saturated carbocycles. The predicted molar refractivity (Wildman–Crippen MR) is 357 cm³/mol. The summed E-state index contributed by atoms with van der Waals surface area (Å²) in [6.45, 7) is 6.48. The Hall–Kier alpha value is -4.45. The van der Waals surface area contributed by atoms with Crippen LogP contribution in [0, 0.1) is 0 Å². The summed E-state index contributed by atoms with van der Waals surface area (Å²) in [6, 6.07) is 0. The van der Waals surface area contributed by atoms with E-state index in [1.807, 2.05) is 0 Å². The second kappa shape index (κ2) is 69.0. The highest BCUT2D eigenvalue weighted by Gasteiger charge is 2.19. The van der Waals surface area contributed by atoms with Gasteiger partial charge in [-0.15, -0.1) is 0 Å². The van der Waals surface area contributed by atoms with Crippen molar-refractivity contribution in [3.8, 4) is 0 Å². The maximum Gasteiger partial charge on any atom is 0.306 e. The van der Waals surface area contributed by atoms with Crippen LogP contribution in [0.15, 0.2) is 134 Å². The molecular formula is C76H126O6. The summed E-state index contributed by atoms with van der Waals surface area (Å²) in [5.74, 6) is -0.912. The molecule has 0 fully saturated rings. The average Bonchev–Trinajstić information content (AvgIpc) is 3.48. The van der Waals surface area contributed by atoms with Crippen molar-refractivity contribution < 1.29 is 28.6 Å². The topological polar surface area (TPSA) is 78.9 Å². The van der Waals surface area contributed by atoms with Crippen molar-refractivity contribution in [3.63, 3.8) is 0 Å². The van der Waals surface area contributed by atoms with Crippen LogP contribution >= 0.6 is 0 Å². The molecular weight excluding hydrogens is 1010 g/mol. The zero-order valence-corrected chi connectivity index (χ0v) is 53.5. The number of rotatable bonds is 61. The molecule has 0 spiro atoms. The Morgan fingerprint density at radius 3 is 0.768 bits per heavy atom. The Labute approximate surface area is 506 Å². The number of esters is 3. The van der Waals surface area contributed by atoms with Crippen molar-refractivity contribution in [2.45, 2.75) is 316 Å². The lowest BCUT2D eigenvalue weighted by Gasteiger charge is -2.18. The first kappa shape index (κ1) is 77.5. The Morgan fingerprint density at radius 1 is 0.256 bits per heavy atom. The first-order valence-corrected chi connectivity index (χ1v) is 34.2. The van der Waals surface area contributed by atoms with Gasteiger partial charge in [0, 0.05) is 19.3 Å². The highest BCUT2D eigenvalue weighted by molar-refractivity contribution is 5.71. The standard InChI is InChI=1S/C76H126O6/c1-4-7-10-13-16-19-22-25-28-31-32-33-34-35-36-37-38-39-40-41-42-43-44-46-48-51-54-57-60-63-66-69-75(78)81-72-73(71-80-74(77)68-65-62-59-56-53-50-47-30-27-24-21-18-15-12-9-6-3)82-76(79)70-67-64-61-58-55-52-49-45-29-26-23-20-17-14-11-8-5-2/h7,10,16-17,19-21,24-26,28-30,32-33,35-36,38-39,41-42,47,73H,4-6,8-9,11-15,18,22-23,27,31,34,37,40,43-46,48-72H2,1-3H3/b10-7-,19-16-,20-17-,24-21-,28-25-,29-26-,33-32-,36-35-,39-38-,42-41-,47-30-. The van der Waals surface area contributed by atoms with Gasteiger partial charge in [0.2, 0.25) is 0 Å². The summed E-state index contributed by atoms with van der Waals surface area (Å²) in [5, 5.41) is 0. The van der Waals surface area contributed by atoms with Crippen molar-refractivity contribution in [1.82, 2.24) is 0 Å². The molecule has 466 valence electrons. The minimum absolute atomic E-state index is 0.0914. The summed E-state index contributed by atoms with van der Waals surface area (Å²) < 4.78 is 16.9. The fourth-order valence-corrected chi connectivity index (χ4v) is 9.25. The van der Waals surface area contributed by atoms with Crippen molar-refractivity contribution >= 4 is 17.9 Å². The SMILES string of the molecule is CC/C=C\C/C=C\C/C=C\C/C=C\C/C=C\C/C=C\C/C=C\CCCCCCCCCCCC(=O)OCC(COC(=O)CCCCCCC/C=C\C/C=C\CCCCCC)OC(=O)CCCCCCCCC/C=C\C/C=C\CCCCC. The minimum atomic E-state index is -0.796. The van der Waals surface area contributed by atoms with Gasteiger partial charge >= 0.3 is 17.9 Å². The third-order valence-electron chi connectivity index (χ3n) is 14.4. The molecule has 0 amide bonds. The molecule has 0 radical (unpaired) electrons. The number of hydrogen-bond donors (Lipinski definition) is 0. The molecule has 0 aromatic carbocycles. The van der Waals surface area contributed by atoms with E-state index in [1.54, 1.807) is 0 Å². The average molecular weight is 1140 g/mol. The molecule has 6 nitrogen and oxygen atoms in total. The van der Waals surface area contributed by atoms with Crippen LogP contribution in [0.3, 0.4) is 0 Å². The van der Waals surface area contributed by atoms with Crippen LogP contribution in [-0.2, 0) is 28.6 Å². The van der Waals surface area contributed by atoms with E-state index in [1.165, 1.54) is 122 Å². The monoisotopic (exact) mass is 1130 g/mol. The molecule has 0 rings (SSSR count). The van der Waals surface area contributed by atoms with Gasteiger partial charge in [0.05, 0.1) is 0 Å². The number of allylic oxidation sites excluding steroid dienone is 22. The summed E-state index contributed by atoms with van der Waals surface area (Å²) in [4.78, 5) is 38.4. The molecule has 0 aromatic heterocycles. The Balaban J connectivity index is 4.35. The van der Waals surface area contributed by atoms with Gasteiger partial charge in [0.1, 0.15) is 13.2 Å². The molecule has 0 aromatic rings. The van der Waals surface area contributed by atoms with Crippen LogP contribution in [0.5, 0.6) is 0 Å². The third kappa shape index (κ3) is 66.4. The van der Waals surface area contributed by atoms with Crippen molar-refractivity contribution in [2.75, 3.05) is 13.2 Å². The molecule has 0 N–H and O–H groups in total. The van der Waals surface area contributed by atoms with Crippen LogP contribution in [0.1, 0.15) is 310 Å². The van der Waals surface area contributed by atoms with E-state index >= 15 is 0 Å². The molecule has 6 heteroatoms. The molecule has 1 unspecified atom stereocenters. The Morgan fingerprint density at radius 2 is 0.476 bits per heavy atom. The fraction of sp³-hybridized carbons (Fsp3) is 0.671. The van der Waals surface area contributed by atoms with E-state index < -0.39 is 6.10 Å². The largest absolute Gasteiger partial charge is 0.462 e. The normalized spacial score (nSPS) is 13.0. The molecule has 0 aliphatic rings. The maximum atomic E-state index is 12.9. The van der Waals surface area contributed by atoms with Crippen LogP contribution < -0.4 is 0 Å². The summed E-state index contributed by atoms with van der Waals surface area (Å²) in [5.41, 5.74) is 0. The van der Waals surface area contributed by atoms with Gasteiger partial charge in [-0.05, 0) is 141 Å². The van der Waals surface area contributed by atoms with Gasteiger partial charge in [-0.2, -0.15) is 0 Å². The minimum Gasteiger partial charge on any atom is -0.462 e. The van der Waals surface area contributed by atoms with Gasteiger partial charge in [-0.25, -0.2) is 0 Å². The second-order valence-electron chi connectivity index (χ2n) is 22.3. The Bertz CT molecular complexity index is 1730. The van der Waals surface area contributed by atoms with Gasteiger partial charge in [0.25, 0.3) is 0 Å². The number of carbonyl (C=O) groups is 3. The molecule has 1 atom stereocenters. The highest BCUT2D eigenvalue weighted by atomic mass is 16.6. The van der Waals surface area contributed by atoms with E-state index in [-0.39, 0.29) is 31.1 Å². The van der Waals surface area contributed by atoms with Gasteiger partial charge in [-0.1, -0.05) is 283 Å². The van der Waals surface area contributed by atoms with Crippen LogP contribution in [0.4, 0.5) is 0 Å². The second-order valence-corrected chi connectivity index (χ2v) is 22.3. The highest BCUT2D eigenvalue weighted by Crippen LogP contribution is 2.15. The van der Waals surface area contributed by atoms with Crippen LogP contribution in [0.2, 0.25) is 0 Å². The van der Waals surface area contributed by atoms with Crippen molar-refractivity contribution in [1.29, 1.82) is 0 Å². The molecule has 0 saturated heterocycles. The molecule has 0 bridgehead atoms. The number of unbranched alkanes of at least 4 members (excludes halogenated alkanes) is 28. The van der Waals surface area contributed by atoms with E-state index in [9.17, 15) is 14.4 Å². The van der Waals surface area contributed by atoms with Crippen molar-refractivity contribution in [2.24, 2.45) is 0 Å². The lowest BCUT2D eigenvalue weighted by Crippen LogP contribution is -2.30. The summed E-state index contributed by atoms with van der Waals surface area (Å²) >= 11 is 0. The lowest BCUT2D eigenvalue weighted by atomic mass is 10.1. The molecule has 82 heavy (non-hydrogen) atoms. The van der Waals surface area contributed by atoms with E-state index in [2.05, 4.69) is 154 Å². The van der Waals surface area contributed by atoms with Crippen molar-refractivity contribution in [3.05, 3.63) is 134 Å².